The first-order chi connectivity index (χ1) is 7.29. The minimum atomic E-state index is 0.613. The monoisotopic (exact) mass is 207 g/mol. The number of hydrogen-bond acceptors (Lipinski definition) is 2. The third kappa shape index (κ3) is 2.59. The minimum Gasteiger partial charge on any atom is -0.316 e. The van der Waals surface area contributed by atoms with Crippen LogP contribution in [0.25, 0.3) is 0 Å². The first-order valence-electron chi connectivity index (χ1n) is 5.95. The van der Waals surface area contributed by atoms with Gasteiger partial charge in [-0.1, -0.05) is 12.8 Å². The Hall–Kier alpha value is -0.830. The highest BCUT2D eigenvalue weighted by Crippen LogP contribution is 2.28. The number of aryl methyl sites for hydroxylation is 1. The summed E-state index contributed by atoms with van der Waals surface area (Å²) in [4.78, 5) is 0. The van der Waals surface area contributed by atoms with Gasteiger partial charge in [0.15, 0.2) is 0 Å². The standard InChI is InChI=1S/C12H21N3/c1-13-12(10-5-3-4-6-10)9-11-7-8-15(2)14-11/h7-8,10,12-13H,3-6,9H2,1-2H3. The Morgan fingerprint density at radius 2 is 2.27 bits per heavy atom. The fraction of sp³-hybridized carbons (Fsp3) is 0.750. The molecule has 0 bridgehead atoms. The topological polar surface area (TPSA) is 29.9 Å². The quantitative estimate of drug-likeness (QED) is 0.815. The number of likely N-dealkylation sites (N-methyl/N-ethyl adjacent to an activating group) is 1. The Balaban J connectivity index is 1.95. The molecule has 84 valence electrons. The van der Waals surface area contributed by atoms with E-state index in [0.717, 1.165) is 12.3 Å². The van der Waals surface area contributed by atoms with Gasteiger partial charge in [0.05, 0.1) is 5.69 Å². The highest BCUT2D eigenvalue weighted by atomic mass is 15.2. The van der Waals surface area contributed by atoms with Crippen molar-refractivity contribution in [3.8, 4) is 0 Å². The van der Waals surface area contributed by atoms with Gasteiger partial charge in [-0.2, -0.15) is 5.10 Å². The van der Waals surface area contributed by atoms with Crippen LogP contribution in [-0.2, 0) is 13.5 Å². The van der Waals surface area contributed by atoms with Gasteiger partial charge in [-0.05, 0) is 31.9 Å². The van der Waals surface area contributed by atoms with Crippen molar-refractivity contribution in [3.63, 3.8) is 0 Å². The normalized spacial score (nSPS) is 19.6. The van der Waals surface area contributed by atoms with Gasteiger partial charge in [0.25, 0.3) is 0 Å². The maximum absolute atomic E-state index is 4.45. The van der Waals surface area contributed by atoms with Crippen LogP contribution in [0, 0.1) is 5.92 Å². The molecule has 2 rings (SSSR count). The van der Waals surface area contributed by atoms with Crippen LogP contribution in [0.3, 0.4) is 0 Å². The maximum atomic E-state index is 4.45. The molecule has 1 aliphatic carbocycles. The maximum Gasteiger partial charge on any atom is 0.0640 e. The lowest BCUT2D eigenvalue weighted by molar-refractivity contribution is 0.374. The molecular weight excluding hydrogens is 186 g/mol. The molecule has 1 fully saturated rings. The highest BCUT2D eigenvalue weighted by Gasteiger charge is 2.24. The van der Waals surface area contributed by atoms with Crippen LogP contribution in [0.4, 0.5) is 0 Å². The molecule has 1 saturated carbocycles. The average molecular weight is 207 g/mol. The first-order valence-corrected chi connectivity index (χ1v) is 5.95. The summed E-state index contributed by atoms with van der Waals surface area (Å²) in [7, 11) is 4.05. The van der Waals surface area contributed by atoms with E-state index in [0.29, 0.717) is 6.04 Å². The molecule has 1 N–H and O–H groups in total. The van der Waals surface area contributed by atoms with Gasteiger partial charge in [0.2, 0.25) is 0 Å². The second-order valence-electron chi connectivity index (χ2n) is 4.62. The number of rotatable bonds is 4. The van der Waals surface area contributed by atoms with E-state index < -0.39 is 0 Å². The summed E-state index contributed by atoms with van der Waals surface area (Å²) < 4.78 is 1.89. The molecule has 1 aromatic rings. The summed E-state index contributed by atoms with van der Waals surface area (Å²) in [6, 6.07) is 2.74. The third-order valence-electron chi connectivity index (χ3n) is 3.54. The van der Waals surface area contributed by atoms with E-state index in [1.807, 2.05) is 17.9 Å². The average Bonchev–Trinajstić information content (AvgIpc) is 2.85. The van der Waals surface area contributed by atoms with E-state index in [-0.39, 0.29) is 0 Å². The fourth-order valence-electron chi connectivity index (χ4n) is 2.66. The van der Waals surface area contributed by atoms with Crippen LogP contribution in [0.5, 0.6) is 0 Å². The predicted molar refractivity (Wildman–Crippen MR) is 61.7 cm³/mol. The lowest BCUT2D eigenvalue weighted by Crippen LogP contribution is -2.34. The van der Waals surface area contributed by atoms with E-state index >= 15 is 0 Å². The third-order valence-corrected chi connectivity index (χ3v) is 3.54. The summed E-state index contributed by atoms with van der Waals surface area (Å²) in [5.74, 6) is 0.858. The highest BCUT2D eigenvalue weighted by molar-refractivity contribution is 5.02. The lowest BCUT2D eigenvalue weighted by atomic mass is 9.94. The zero-order valence-electron chi connectivity index (χ0n) is 9.74. The number of aromatic nitrogens is 2. The summed E-state index contributed by atoms with van der Waals surface area (Å²) in [5.41, 5.74) is 1.21. The Morgan fingerprint density at radius 3 is 2.80 bits per heavy atom. The molecule has 1 atom stereocenters. The molecule has 1 unspecified atom stereocenters. The Labute approximate surface area is 91.9 Å². The van der Waals surface area contributed by atoms with Gasteiger partial charge in [0, 0.05) is 25.7 Å². The molecule has 0 amide bonds. The zero-order valence-corrected chi connectivity index (χ0v) is 9.74. The van der Waals surface area contributed by atoms with Crippen LogP contribution < -0.4 is 5.32 Å². The molecular formula is C12H21N3. The Bertz CT molecular complexity index is 300. The molecule has 3 nitrogen and oxygen atoms in total. The van der Waals surface area contributed by atoms with E-state index in [9.17, 15) is 0 Å². The summed E-state index contributed by atoms with van der Waals surface area (Å²) in [6.45, 7) is 0. The molecule has 0 spiro atoms. The molecule has 1 aliphatic rings. The zero-order chi connectivity index (χ0) is 10.7. The Kier molecular flexibility index (Phi) is 3.41. The minimum absolute atomic E-state index is 0.613. The van der Waals surface area contributed by atoms with E-state index in [1.165, 1.54) is 31.4 Å². The molecule has 1 heterocycles. The van der Waals surface area contributed by atoms with Crippen LogP contribution in [0.2, 0.25) is 0 Å². The van der Waals surface area contributed by atoms with Gasteiger partial charge >= 0.3 is 0 Å². The molecule has 15 heavy (non-hydrogen) atoms. The smallest absolute Gasteiger partial charge is 0.0640 e. The predicted octanol–water partition coefficient (Wildman–Crippen LogP) is 1.74. The SMILES string of the molecule is CNC(Cc1ccn(C)n1)C1CCCC1. The van der Waals surface area contributed by atoms with E-state index in [4.69, 9.17) is 0 Å². The summed E-state index contributed by atoms with van der Waals surface area (Å²) >= 11 is 0. The van der Waals surface area contributed by atoms with Gasteiger partial charge in [0.1, 0.15) is 0 Å². The largest absolute Gasteiger partial charge is 0.316 e. The van der Waals surface area contributed by atoms with Crippen molar-refractivity contribution in [1.82, 2.24) is 15.1 Å². The molecule has 0 radical (unpaired) electrons. The second-order valence-corrected chi connectivity index (χ2v) is 4.62. The molecule has 0 saturated heterocycles. The van der Waals surface area contributed by atoms with Gasteiger partial charge in [-0.15, -0.1) is 0 Å². The molecule has 0 aromatic carbocycles. The van der Waals surface area contributed by atoms with Gasteiger partial charge in [-0.25, -0.2) is 0 Å². The van der Waals surface area contributed by atoms with Crippen LogP contribution in [0.15, 0.2) is 12.3 Å². The van der Waals surface area contributed by atoms with Crippen LogP contribution >= 0.6 is 0 Å². The molecule has 0 aliphatic heterocycles. The van der Waals surface area contributed by atoms with Crippen molar-refractivity contribution < 1.29 is 0 Å². The van der Waals surface area contributed by atoms with Gasteiger partial charge < -0.3 is 5.32 Å². The van der Waals surface area contributed by atoms with Crippen LogP contribution in [-0.4, -0.2) is 22.9 Å². The van der Waals surface area contributed by atoms with Crippen molar-refractivity contribution in [2.24, 2.45) is 13.0 Å². The Morgan fingerprint density at radius 1 is 1.53 bits per heavy atom. The summed E-state index contributed by atoms with van der Waals surface area (Å²) in [6.07, 6.45) is 8.69. The van der Waals surface area contributed by atoms with Crippen molar-refractivity contribution >= 4 is 0 Å². The molecule has 3 heteroatoms. The fourth-order valence-corrected chi connectivity index (χ4v) is 2.66. The second kappa shape index (κ2) is 4.79. The van der Waals surface area contributed by atoms with Gasteiger partial charge in [-0.3, -0.25) is 4.68 Å². The van der Waals surface area contributed by atoms with Crippen molar-refractivity contribution in [3.05, 3.63) is 18.0 Å². The number of hydrogen-bond donors (Lipinski definition) is 1. The van der Waals surface area contributed by atoms with E-state index in [2.05, 4.69) is 23.5 Å². The van der Waals surface area contributed by atoms with Crippen molar-refractivity contribution in [2.75, 3.05) is 7.05 Å². The molecule has 1 aromatic heterocycles. The van der Waals surface area contributed by atoms with Crippen molar-refractivity contribution in [1.29, 1.82) is 0 Å². The first kappa shape index (κ1) is 10.7. The van der Waals surface area contributed by atoms with E-state index in [1.54, 1.807) is 0 Å². The number of nitrogens with zero attached hydrogens (tertiary/aromatic N) is 2. The summed E-state index contributed by atoms with van der Waals surface area (Å²) in [5, 5.41) is 7.90. The lowest BCUT2D eigenvalue weighted by Gasteiger charge is -2.21. The van der Waals surface area contributed by atoms with Crippen LogP contribution in [0.1, 0.15) is 31.4 Å². The van der Waals surface area contributed by atoms with Crippen molar-refractivity contribution in [2.45, 2.75) is 38.1 Å². The number of nitrogens with one attached hydrogen (secondary N) is 1.